The Labute approximate surface area is 160 Å². The number of aromatic nitrogens is 2. The lowest BCUT2D eigenvalue weighted by Gasteiger charge is -2.11. The number of nitrogens with zero attached hydrogens (tertiary/aromatic N) is 2. The van der Waals surface area contributed by atoms with Gasteiger partial charge >= 0.3 is 12.4 Å². The van der Waals surface area contributed by atoms with Gasteiger partial charge in [0.25, 0.3) is 0 Å². The summed E-state index contributed by atoms with van der Waals surface area (Å²) in [6, 6.07) is 9.78. The Kier molecular flexibility index (Phi) is 5.20. The van der Waals surface area contributed by atoms with Crippen molar-refractivity contribution in [2.24, 2.45) is 0 Å². The van der Waals surface area contributed by atoms with Crippen molar-refractivity contribution in [1.82, 2.24) is 9.97 Å². The zero-order valence-corrected chi connectivity index (χ0v) is 14.5. The molecular weight excluding hydrogens is 408 g/mol. The minimum absolute atomic E-state index is 0.0132. The first kappa shape index (κ1) is 19.9. The number of hydrogen-bond acceptors (Lipinski definition) is 3. The number of nitrogens with one attached hydrogen (secondary N) is 1. The predicted molar refractivity (Wildman–Crippen MR) is 92.2 cm³/mol. The molecule has 0 spiro atoms. The molecule has 0 aliphatic carbocycles. The van der Waals surface area contributed by atoms with Crippen LogP contribution in [0, 0.1) is 0 Å². The smallest absolute Gasteiger partial charge is 0.340 e. The van der Waals surface area contributed by atoms with Crippen LogP contribution in [0.1, 0.15) is 11.1 Å². The largest absolute Gasteiger partial charge is 0.416 e. The van der Waals surface area contributed by atoms with Gasteiger partial charge in [-0.1, -0.05) is 23.7 Å². The highest BCUT2D eigenvalue weighted by molar-refractivity contribution is 6.29. The van der Waals surface area contributed by atoms with E-state index in [0.29, 0.717) is 11.3 Å². The quantitative estimate of drug-likeness (QED) is 0.386. The maximum atomic E-state index is 12.7. The zero-order chi connectivity index (χ0) is 20.5. The van der Waals surface area contributed by atoms with E-state index in [1.807, 2.05) is 0 Å². The monoisotopic (exact) mass is 417 g/mol. The van der Waals surface area contributed by atoms with Gasteiger partial charge in [-0.2, -0.15) is 26.3 Å². The van der Waals surface area contributed by atoms with Gasteiger partial charge in [0.2, 0.25) is 0 Å². The Hall–Kier alpha value is -2.81. The van der Waals surface area contributed by atoms with Crippen LogP contribution in [0.25, 0.3) is 11.4 Å². The lowest BCUT2D eigenvalue weighted by molar-refractivity contribution is -0.138. The molecule has 3 rings (SSSR count). The zero-order valence-electron chi connectivity index (χ0n) is 13.7. The molecule has 0 radical (unpaired) electrons. The van der Waals surface area contributed by atoms with Crippen molar-refractivity contribution in [3.63, 3.8) is 0 Å². The van der Waals surface area contributed by atoms with Gasteiger partial charge in [0.15, 0.2) is 5.82 Å². The van der Waals surface area contributed by atoms with E-state index < -0.39 is 23.5 Å². The van der Waals surface area contributed by atoms with E-state index in [4.69, 9.17) is 11.6 Å². The SMILES string of the molecule is FC(F)(F)c1ccc(Nc2cc(Cl)nc(-c3ccc(C(F)(F)F)cc3)n2)cc1. The van der Waals surface area contributed by atoms with Gasteiger partial charge in [-0.15, -0.1) is 0 Å². The number of benzene rings is 2. The Morgan fingerprint density at radius 1 is 0.714 bits per heavy atom. The second-order valence-electron chi connectivity index (χ2n) is 5.67. The molecule has 0 amide bonds. The van der Waals surface area contributed by atoms with Crippen LogP contribution in [0.15, 0.2) is 54.6 Å². The average Bonchev–Trinajstić information content (AvgIpc) is 2.60. The first-order chi connectivity index (χ1) is 13.0. The lowest BCUT2D eigenvalue weighted by Crippen LogP contribution is -2.05. The topological polar surface area (TPSA) is 37.8 Å². The van der Waals surface area contributed by atoms with Crippen LogP contribution < -0.4 is 5.32 Å². The van der Waals surface area contributed by atoms with E-state index >= 15 is 0 Å². The molecule has 10 heteroatoms. The summed E-state index contributed by atoms with van der Waals surface area (Å²) in [6.45, 7) is 0. The number of anilines is 2. The third-order valence-electron chi connectivity index (χ3n) is 3.65. The predicted octanol–water partition coefficient (Wildman–Crippen LogP) is 6.58. The molecule has 0 unspecified atom stereocenters. The molecule has 1 aromatic heterocycles. The summed E-state index contributed by atoms with van der Waals surface area (Å²) < 4.78 is 75.8. The van der Waals surface area contributed by atoms with Crippen LogP contribution in [0.3, 0.4) is 0 Å². The maximum Gasteiger partial charge on any atom is 0.416 e. The number of alkyl halides is 6. The second-order valence-corrected chi connectivity index (χ2v) is 6.06. The van der Waals surface area contributed by atoms with E-state index in [9.17, 15) is 26.3 Å². The van der Waals surface area contributed by atoms with E-state index in [2.05, 4.69) is 15.3 Å². The molecule has 0 aliphatic heterocycles. The number of hydrogen-bond donors (Lipinski definition) is 1. The second kappa shape index (κ2) is 7.31. The van der Waals surface area contributed by atoms with E-state index in [1.165, 1.54) is 30.3 Å². The van der Waals surface area contributed by atoms with Gasteiger partial charge in [0.1, 0.15) is 11.0 Å². The van der Waals surface area contributed by atoms with Crippen LogP contribution in [0.4, 0.5) is 37.8 Å². The van der Waals surface area contributed by atoms with Crippen LogP contribution in [0.2, 0.25) is 5.15 Å². The van der Waals surface area contributed by atoms with Crippen molar-refractivity contribution in [2.45, 2.75) is 12.4 Å². The molecule has 0 bridgehead atoms. The highest BCUT2D eigenvalue weighted by Crippen LogP contribution is 2.32. The first-order valence-corrected chi connectivity index (χ1v) is 8.07. The van der Waals surface area contributed by atoms with E-state index in [1.54, 1.807) is 0 Å². The van der Waals surface area contributed by atoms with Gasteiger partial charge < -0.3 is 5.32 Å². The Bertz CT molecular complexity index is 967. The van der Waals surface area contributed by atoms with Gasteiger partial charge in [-0.3, -0.25) is 0 Å². The Balaban J connectivity index is 1.85. The molecule has 28 heavy (non-hydrogen) atoms. The fraction of sp³-hybridized carbons (Fsp3) is 0.111. The molecule has 1 heterocycles. The number of rotatable bonds is 3. The highest BCUT2D eigenvalue weighted by atomic mass is 35.5. The summed E-state index contributed by atoms with van der Waals surface area (Å²) in [4.78, 5) is 8.12. The summed E-state index contributed by atoms with van der Waals surface area (Å²) in [5, 5.41) is 2.80. The molecule has 3 aromatic rings. The van der Waals surface area contributed by atoms with Gasteiger partial charge in [0, 0.05) is 17.3 Å². The van der Waals surface area contributed by atoms with Gasteiger partial charge in [0.05, 0.1) is 11.1 Å². The van der Waals surface area contributed by atoms with Gasteiger partial charge in [-0.25, -0.2) is 9.97 Å². The summed E-state index contributed by atoms with van der Waals surface area (Å²) >= 11 is 5.94. The fourth-order valence-electron chi connectivity index (χ4n) is 2.31. The summed E-state index contributed by atoms with van der Waals surface area (Å²) in [6.07, 6.45) is -8.92. The average molecular weight is 418 g/mol. The van der Waals surface area contributed by atoms with Crippen molar-refractivity contribution in [3.8, 4) is 11.4 Å². The third kappa shape index (κ3) is 4.72. The minimum atomic E-state index is -4.47. The summed E-state index contributed by atoms with van der Waals surface area (Å²) in [5.74, 6) is 0.241. The Morgan fingerprint density at radius 3 is 1.71 bits per heavy atom. The fourth-order valence-corrected chi connectivity index (χ4v) is 2.49. The summed E-state index contributed by atoms with van der Waals surface area (Å²) in [7, 11) is 0. The first-order valence-electron chi connectivity index (χ1n) is 7.69. The normalized spacial score (nSPS) is 12.1. The van der Waals surface area contributed by atoms with Crippen LogP contribution >= 0.6 is 11.6 Å². The van der Waals surface area contributed by atoms with Crippen molar-refractivity contribution >= 4 is 23.1 Å². The number of halogens is 7. The van der Waals surface area contributed by atoms with E-state index in [-0.39, 0.29) is 16.8 Å². The standard InChI is InChI=1S/C18H10ClF6N3/c19-14-9-15(26-13-7-5-12(6-8-13)18(23,24)25)28-16(27-14)10-1-3-11(4-2-10)17(20,21)22/h1-9H,(H,26,27,28). The van der Waals surface area contributed by atoms with Crippen molar-refractivity contribution in [2.75, 3.05) is 5.32 Å². The van der Waals surface area contributed by atoms with Crippen molar-refractivity contribution in [1.29, 1.82) is 0 Å². The summed E-state index contributed by atoms with van der Waals surface area (Å²) in [5.41, 5.74) is -1.00. The lowest BCUT2D eigenvalue weighted by atomic mass is 10.1. The molecule has 0 atom stereocenters. The van der Waals surface area contributed by atoms with E-state index in [0.717, 1.165) is 24.3 Å². The molecule has 2 aromatic carbocycles. The molecule has 0 fully saturated rings. The molecule has 1 N–H and O–H groups in total. The maximum absolute atomic E-state index is 12.7. The van der Waals surface area contributed by atoms with Gasteiger partial charge in [-0.05, 0) is 36.4 Å². The molecule has 0 saturated carbocycles. The van der Waals surface area contributed by atoms with Crippen molar-refractivity contribution < 1.29 is 26.3 Å². The minimum Gasteiger partial charge on any atom is -0.340 e. The van der Waals surface area contributed by atoms with Crippen LogP contribution in [-0.4, -0.2) is 9.97 Å². The Morgan fingerprint density at radius 2 is 1.21 bits per heavy atom. The highest BCUT2D eigenvalue weighted by Gasteiger charge is 2.30. The molecule has 3 nitrogen and oxygen atoms in total. The van der Waals surface area contributed by atoms with Crippen molar-refractivity contribution in [3.05, 3.63) is 70.9 Å². The molecular formula is C18H10ClF6N3. The van der Waals surface area contributed by atoms with Crippen LogP contribution in [0.5, 0.6) is 0 Å². The van der Waals surface area contributed by atoms with Crippen LogP contribution in [-0.2, 0) is 12.4 Å². The molecule has 146 valence electrons. The third-order valence-corrected chi connectivity index (χ3v) is 3.84. The molecule has 0 saturated heterocycles. The molecule has 0 aliphatic rings.